The average molecular weight is 385 g/mol. The number of benzene rings is 2. The summed E-state index contributed by atoms with van der Waals surface area (Å²) < 4.78 is 0. The number of fused-ring (bicyclic) bond motifs is 3. The fourth-order valence-electron chi connectivity index (χ4n) is 3.71. The van der Waals surface area contributed by atoms with Gasteiger partial charge in [-0.25, -0.2) is 15.0 Å². The number of nitrogens with zero attached hydrogens (tertiary/aromatic N) is 5. The number of aromatic nitrogens is 5. The minimum Gasteiger partial charge on any atom is -0.253 e. The predicted molar refractivity (Wildman–Crippen MR) is 119 cm³/mol. The quantitative estimate of drug-likeness (QED) is 0.396. The van der Waals surface area contributed by atoms with Gasteiger partial charge in [0.2, 0.25) is 0 Å². The van der Waals surface area contributed by atoms with Crippen molar-refractivity contribution in [3.05, 3.63) is 91.5 Å². The molecule has 0 spiro atoms. The number of rotatable bonds is 2. The van der Waals surface area contributed by atoms with Crippen molar-refractivity contribution in [1.82, 2.24) is 24.9 Å². The van der Waals surface area contributed by atoms with Crippen LogP contribution in [-0.2, 0) is 0 Å². The summed E-state index contributed by atoms with van der Waals surface area (Å²) in [5.74, 6) is 0. The maximum Gasteiger partial charge on any atom is 0.159 e. The van der Waals surface area contributed by atoms with Gasteiger partial charge in [-0.2, -0.15) is 0 Å². The molecule has 2 aromatic carbocycles. The normalized spacial score (nSPS) is 11.3. The molecule has 0 fully saturated rings. The fourth-order valence-corrected chi connectivity index (χ4v) is 3.71. The summed E-state index contributed by atoms with van der Waals surface area (Å²) in [4.78, 5) is 22.4. The van der Waals surface area contributed by atoms with E-state index in [4.69, 9.17) is 4.98 Å². The Morgan fingerprint density at radius 1 is 0.500 bits per heavy atom. The van der Waals surface area contributed by atoms with E-state index < -0.39 is 0 Å². The Morgan fingerprint density at radius 3 is 2.30 bits per heavy atom. The van der Waals surface area contributed by atoms with Gasteiger partial charge in [-0.05, 0) is 54.1 Å². The highest BCUT2D eigenvalue weighted by Gasteiger charge is 2.07. The standard InChI is InChI=1S/C25H15N5/c1-2-19-13-20(15-29-25(19)28-9-1)16-3-6-21-17(12-16)4-7-22(30-21)18-5-8-23-24(14-18)27-11-10-26-23/h1-15H. The largest absolute Gasteiger partial charge is 0.253 e. The molecule has 0 amide bonds. The first-order valence-electron chi connectivity index (χ1n) is 9.67. The van der Waals surface area contributed by atoms with Crippen LogP contribution in [0.1, 0.15) is 0 Å². The molecule has 140 valence electrons. The van der Waals surface area contributed by atoms with Crippen molar-refractivity contribution in [1.29, 1.82) is 0 Å². The molecule has 0 unspecified atom stereocenters. The van der Waals surface area contributed by atoms with Gasteiger partial charge < -0.3 is 0 Å². The Bertz CT molecular complexity index is 1440. The summed E-state index contributed by atoms with van der Waals surface area (Å²) in [6.07, 6.45) is 7.04. The molecule has 6 rings (SSSR count). The van der Waals surface area contributed by atoms with E-state index in [1.807, 2.05) is 42.6 Å². The highest BCUT2D eigenvalue weighted by Crippen LogP contribution is 2.28. The molecule has 0 radical (unpaired) electrons. The monoisotopic (exact) mass is 385 g/mol. The third kappa shape index (κ3) is 2.84. The zero-order chi connectivity index (χ0) is 19.9. The molecule has 0 aliphatic heterocycles. The summed E-state index contributed by atoms with van der Waals surface area (Å²) in [7, 11) is 0. The lowest BCUT2D eigenvalue weighted by Gasteiger charge is -2.07. The average Bonchev–Trinajstić information content (AvgIpc) is 2.83. The van der Waals surface area contributed by atoms with Crippen molar-refractivity contribution >= 4 is 33.0 Å². The molecule has 5 nitrogen and oxygen atoms in total. The Kier molecular flexibility index (Phi) is 3.71. The first-order valence-corrected chi connectivity index (χ1v) is 9.67. The molecule has 0 aliphatic carbocycles. The Hall–Kier alpha value is -4.25. The topological polar surface area (TPSA) is 64.5 Å². The van der Waals surface area contributed by atoms with Crippen molar-refractivity contribution in [2.75, 3.05) is 0 Å². The molecule has 0 atom stereocenters. The molecule has 6 aromatic rings. The molecule has 0 saturated carbocycles. The molecule has 4 heterocycles. The van der Waals surface area contributed by atoms with E-state index in [2.05, 4.69) is 50.3 Å². The van der Waals surface area contributed by atoms with Gasteiger partial charge in [0.05, 0.1) is 22.2 Å². The zero-order valence-electron chi connectivity index (χ0n) is 15.9. The van der Waals surface area contributed by atoms with Crippen LogP contribution in [0.2, 0.25) is 0 Å². The Labute approximate surface area is 172 Å². The summed E-state index contributed by atoms with van der Waals surface area (Å²) in [5, 5.41) is 2.12. The van der Waals surface area contributed by atoms with Crippen LogP contribution in [0.4, 0.5) is 0 Å². The van der Waals surface area contributed by atoms with Crippen molar-refractivity contribution in [3.63, 3.8) is 0 Å². The molecule has 0 saturated heterocycles. The molecular formula is C25H15N5. The Morgan fingerprint density at radius 2 is 1.33 bits per heavy atom. The minimum absolute atomic E-state index is 0.758. The number of pyridine rings is 3. The molecule has 0 aliphatic rings. The fraction of sp³-hybridized carbons (Fsp3) is 0. The molecule has 4 aromatic heterocycles. The highest BCUT2D eigenvalue weighted by molar-refractivity contribution is 5.89. The van der Waals surface area contributed by atoms with Crippen LogP contribution in [0, 0.1) is 0 Å². The summed E-state index contributed by atoms with van der Waals surface area (Å²) >= 11 is 0. The highest BCUT2D eigenvalue weighted by atomic mass is 14.8. The third-order valence-corrected chi connectivity index (χ3v) is 5.24. The second-order valence-corrected chi connectivity index (χ2v) is 7.14. The third-order valence-electron chi connectivity index (χ3n) is 5.24. The van der Waals surface area contributed by atoms with Crippen LogP contribution in [0.25, 0.3) is 55.4 Å². The maximum atomic E-state index is 4.86. The lowest BCUT2D eigenvalue weighted by atomic mass is 10.0. The van der Waals surface area contributed by atoms with E-state index in [1.165, 1.54) is 0 Å². The summed E-state index contributed by atoms with van der Waals surface area (Å²) in [6, 6.07) is 22.6. The minimum atomic E-state index is 0.758. The van der Waals surface area contributed by atoms with Crippen molar-refractivity contribution in [2.24, 2.45) is 0 Å². The van der Waals surface area contributed by atoms with Gasteiger partial charge >= 0.3 is 0 Å². The van der Waals surface area contributed by atoms with Crippen LogP contribution in [0.3, 0.4) is 0 Å². The predicted octanol–water partition coefficient (Wildman–Crippen LogP) is 5.46. The van der Waals surface area contributed by atoms with Gasteiger partial charge in [0.1, 0.15) is 0 Å². The zero-order valence-corrected chi connectivity index (χ0v) is 15.9. The van der Waals surface area contributed by atoms with Gasteiger partial charge in [0.25, 0.3) is 0 Å². The van der Waals surface area contributed by atoms with E-state index in [9.17, 15) is 0 Å². The van der Waals surface area contributed by atoms with Gasteiger partial charge in [-0.15, -0.1) is 0 Å². The molecule has 0 N–H and O–H groups in total. The first kappa shape index (κ1) is 16.7. The molecule has 0 bridgehead atoms. The summed E-state index contributed by atoms with van der Waals surface area (Å²) in [6.45, 7) is 0. The molecular weight excluding hydrogens is 370 g/mol. The van der Waals surface area contributed by atoms with Crippen LogP contribution >= 0.6 is 0 Å². The SMILES string of the molecule is c1cnc2ncc(-c3ccc4nc(-c5ccc6nccnc6c5)ccc4c3)cc2c1. The first-order chi connectivity index (χ1) is 14.8. The summed E-state index contributed by atoms with van der Waals surface area (Å²) in [5.41, 5.74) is 7.57. The van der Waals surface area contributed by atoms with Crippen LogP contribution in [-0.4, -0.2) is 24.9 Å². The van der Waals surface area contributed by atoms with Crippen molar-refractivity contribution < 1.29 is 0 Å². The van der Waals surface area contributed by atoms with Crippen LogP contribution < -0.4 is 0 Å². The maximum absolute atomic E-state index is 4.86. The van der Waals surface area contributed by atoms with E-state index >= 15 is 0 Å². The van der Waals surface area contributed by atoms with Gasteiger partial charge in [0.15, 0.2) is 5.65 Å². The second kappa shape index (κ2) is 6.67. The van der Waals surface area contributed by atoms with Crippen molar-refractivity contribution in [3.8, 4) is 22.4 Å². The van der Waals surface area contributed by atoms with E-state index in [0.717, 1.165) is 55.4 Å². The van der Waals surface area contributed by atoms with Gasteiger partial charge in [-0.3, -0.25) is 9.97 Å². The van der Waals surface area contributed by atoms with Gasteiger partial charge in [0, 0.05) is 46.7 Å². The van der Waals surface area contributed by atoms with E-state index in [0.29, 0.717) is 0 Å². The number of hydrogen-bond acceptors (Lipinski definition) is 5. The van der Waals surface area contributed by atoms with E-state index in [1.54, 1.807) is 18.6 Å². The smallest absolute Gasteiger partial charge is 0.159 e. The lowest BCUT2D eigenvalue weighted by Crippen LogP contribution is -1.89. The van der Waals surface area contributed by atoms with Crippen molar-refractivity contribution in [2.45, 2.75) is 0 Å². The second-order valence-electron chi connectivity index (χ2n) is 7.14. The molecule has 5 heteroatoms. The number of hydrogen-bond donors (Lipinski definition) is 0. The lowest BCUT2D eigenvalue weighted by molar-refractivity contribution is 1.29. The molecule has 30 heavy (non-hydrogen) atoms. The van der Waals surface area contributed by atoms with E-state index in [-0.39, 0.29) is 0 Å². The van der Waals surface area contributed by atoms with Crippen LogP contribution in [0.5, 0.6) is 0 Å². The van der Waals surface area contributed by atoms with Gasteiger partial charge in [-0.1, -0.05) is 18.2 Å². The van der Waals surface area contributed by atoms with Crippen LogP contribution in [0.15, 0.2) is 91.5 Å². The Balaban J connectivity index is 1.41.